The van der Waals surface area contributed by atoms with Crippen LogP contribution in [0.2, 0.25) is 4.87 Å². The van der Waals surface area contributed by atoms with Gasteiger partial charge in [0, 0.05) is 0 Å². The Bertz CT molecular complexity index is 411. The van der Waals surface area contributed by atoms with Gasteiger partial charge >= 0.3 is 27.9 Å². The molecule has 0 aromatic rings. The average molecular weight is 527 g/mol. The maximum atomic E-state index is 11.8. The third kappa shape index (κ3) is 26.8. The Morgan fingerprint density at radius 1 is 0.966 bits per heavy atom. The van der Waals surface area contributed by atoms with Crippen LogP contribution in [-0.4, -0.2) is 86.3 Å². The van der Waals surface area contributed by atoms with Crippen LogP contribution in [-0.2, 0) is 19.2 Å². The molecule has 2 atom stereocenters. The molecule has 29 heavy (non-hydrogen) atoms. The van der Waals surface area contributed by atoms with Gasteiger partial charge in [-0.05, 0) is 45.3 Å². The first-order chi connectivity index (χ1) is 13.7. The summed E-state index contributed by atoms with van der Waals surface area (Å²) in [7, 11) is 1.66. The number of primary amides is 1. The number of nitrogens with one attached hydrogen (secondary N) is 3. The second-order valence-corrected chi connectivity index (χ2v) is 6.32. The topological polar surface area (TPSA) is 182 Å². The maximum absolute atomic E-state index is 11.8. The van der Waals surface area contributed by atoms with Crippen molar-refractivity contribution in [3.05, 3.63) is 0 Å². The van der Waals surface area contributed by atoms with E-state index in [1.54, 1.807) is 30.1 Å². The Morgan fingerprint density at radius 2 is 1.45 bits per heavy atom. The molecule has 0 aliphatic rings. The Hall–Kier alpha value is -1.22. The molecule has 0 saturated heterocycles. The first-order valence-electron chi connectivity index (χ1n) is 9.36. The molecule has 0 spiro atoms. The van der Waals surface area contributed by atoms with Gasteiger partial charge in [0.2, 0.25) is 17.7 Å². The van der Waals surface area contributed by atoms with Gasteiger partial charge in [-0.2, -0.15) is 0 Å². The van der Waals surface area contributed by atoms with E-state index in [4.69, 9.17) is 22.0 Å². The van der Waals surface area contributed by atoms with Crippen LogP contribution in [0.25, 0.3) is 0 Å². The van der Waals surface area contributed by atoms with Crippen LogP contribution in [0.1, 0.15) is 40.0 Å². The van der Waals surface area contributed by atoms with Crippen LogP contribution in [0.15, 0.2) is 0 Å². The molecule has 0 aliphatic carbocycles. The van der Waals surface area contributed by atoms with Crippen LogP contribution in [0.5, 0.6) is 0 Å². The van der Waals surface area contributed by atoms with Crippen molar-refractivity contribution in [2.24, 2.45) is 23.1 Å². The van der Waals surface area contributed by atoms with Gasteiger partial charge in [-0.1, -0.05) is 20.8 Å². The summed E-state index contributed by atoms with van der Waals surface area (Å²) in [4.78, 5) is 44.6. The van der Waals surface area contributed by atoms with E-state index in [2.05, 4.69) is 41.6 Å². The summed E-state index contributed by atoms with van der Waals surface area (Å²) in [6.45, 7) is 8.99. The number of likely N-dealkylation sites (N-methyl/N-ethyl adjacent to an activating group) is 1. The van der Waals surface area contributed by atoms with Crippen LogP contribution >= 0.6 is 0 Å². The monoisotopic (exact) mass is 526 g/mol. The zero-order valence-corrected chi connectivity index (χ0v) is 21.0. The molecule has 172 valence electrons. The van der Waals surface area contributed by atoms with Crippen molar-refractivity contribution < 1.29 is 19.2 Å². The summed E-state index contributed by atoms with van der Waals surface area (Å²) in [5, 5.41) is 7.77. The standard InChI is InChI=1S/C12H26N6O3.C4H10.CH2O.CH3.Sb/c1-16-9(3-2-5-13)12(21)17-7-10(19)18-8(4-6-14)11(15)20;1-4(2)3;1-2;;/h8-9,16H,2-7,13-14H2,1H3,(H2,15,20)(H,17,21)(H,18,19);4H,1-3H3;1H2;1H3;. The number of nitrogens with two attached hydrogens (primary N) is 3. The molecule has 10 nitrogen and oxygen atoms in total. The minimum atomic E-state index is -0.822. The molecule has 2 radical (unpaired) electrons. The second-order valence-electron chi connectivity index (χ2n) is 6.32. The molecule has 2 unspecified atom stereocenters. The van der Waals surface area contributed by atoms with Gasteiger partial charge in [0.25, 0.3) is 0 Å². The SMILES string of the molecule is C=O.CC(C)C.CNC(CCCN)C(=O)NCC(=O)NC(CCN)C(N)=O.[CH3][Sb]. The van der Waals surface area contributed by atoms with Gasteiger partial charge < -0.3 is 37.9 Å². The van der Waals surface area contributed by atoms with Crippen LogP contribution in [0, 0.1) is 5.92 Å². The zero-order chi connectivity index (χ0) is 23.8. The van der Waals surface area contributed by atoms with Crippen molar-refractivity contribution in [1.29, 1.82) is 0 Å². The fourth-order valence-electron chi connectivity index (χ4n) is 1.72. The normalized spacial score (nSPS) is 11.2. The van der Waals surface area contributed by atoms with E-state index < -0.39 is 23.9 Å². The van der Waals surface area contributed by atoms with Crippen molar-refractivity contribution in [2.75, 3.05) is 26.7 Å². The van der Waals surface area contributed by atoms with E-state index in [0.717, 1.165) is 5.92 Å². The zero-order valence-electron chi connectivity index (χ0n) is 18.5. The van der Waals surface area contributed by atoms with Crippen molar-refractivity contribution in [3.8, 4) is 0 Å². The molecule has 0 aliphatic heterocycles. The summed E-state index contributed by atoms with van der Waals surface area (Å²) in [6.07, 6.45) is 1.54. The van der Waals surface area contributed by atoms with E-state index in [0.29, 0.717) is 19.4 Å². The van der Waals surface area contributed by atoms with Gasteiger partial charge in [-0.15, -0.1) is 0 Å². The fourth-order valence-corrected chi connectivity index (χ4v) is 1.72. The van der Waals surface area contributed by atoms with Gasteiger partial charge in [0.1, 0.15) is 12.8 Å². The third-order valence-electron chi connectivity index (χ3n) is 2.92. The molecule has 11 heteroatoms. The van der Waals surface area contributed by atoms with E-state index >= 15 is 0 Å². The quantitative estimate of drug-likeness (QED) is 0.176. The van der Waals surface area contributed by atoms with E-state index in [1.807, 2.05) is 6.79 Å². The molecule has 0 saturated carbocycles. The molecular formula is C18H41N6O4Sb. The molecule has 9 N–H and O–H groups in total. The number of amides is 3. The number of carbonyl (C=O) groups excluding carboxylic acids is 4. The molecule has 0 aromatic carbocycles. The van der Waals surface area contributed by atoms with E-state index in [-0.39, 0.29) is 25.4 Å². The summed E-state index contributed by atoms with van der Waals surface area (Å²) in [5.74, 6) is -0.610. The van der Waals surface area contributed by atoms with Gasteiger partial charge in [0.05, 0.1) is 12.6 Å². The summed E-state index contributed by atoms with van der Waals surface area (Å²) < 4.78 is 0. The predicted octanol–water partition coefficient (Wildman–Crippen LogP) is -1.57. The number of carbonyl (C=O) groups is 4. The van der Waals surface area contributed by atoms with Crippen molar-refractivity contribution >= 4 is 47.5 Å². The number of hydrogen-bond donors (Lipinski definition) is 6. The van der Waals surface area contributed by atoms with Crippen LogP contribution in [0.3, 0.4) is 0 Å². The van der Waals surface area contributed by atoms with Crippen molar-refractivity contribution in [2.45, 2.75) is 57.0 Å². The Kier molecular flexibility index (Phi) is 32.5. The molecule has 0 rings (SSSR count). The van der Waals surface area contributed by atoms with Crippen LogP contribution in [0.4, 0.5) is 0 Å². The Labute approximate surface area is 189 Å². The van der Waals surface area contributed by atoms with Crippen LogP contribution < -0.4 is 33.2 Å². The van der Waals surface area contributed by atoms with Gasteiger partial charge in [-0.25, -0.2) is 0 Å². The Morgan fingerprint density at radius 3 is 1.79 bits per heavy atom. The molecular weight excluding hydrogens is 486 g/mol. The molecule has 0 aromatic heterocycles. The number of hydrogen-bond acceptors (Lipinski definition) is 7. The summed E-state index contributed by atoms with van der Waals surface area (Å²) in [6, 6.07) is -1.23. The Balaban J connectivity index is -0.000000337. The fraction of sp³-hybridized carbons (Fsp3) is 0.778. The first-order valence-corrected chi connectivity index (χ1v) is 11.9. The molecule has 3 amide bonds. The first kappa shape index (κ1) is 35.2. The molecule has 0 bridgehead atoms. The second kappa shape index (κ2) is 26.8. The van der Waals surface area contributed by atoms with Gasteiger partial charge in [-0.3, -0.25) is 14.4 Å². The van der Waals surface area contributed by atoms with Crippen molar-refractivity contribution in [1.82, 2.24) is 16.0 Å². The summed E-state index contributed by atoms with van der Waals surface area (Å²) in [5.41, 5.74) is 15.8. The van der Waals surface area contributed by atoms with E-state index in [1.165, 1.54) is 0 Å². The van der Waals surface area contributed by atoms with E-state index in [9.17, 15) is 14.4 Å². The number of rotatable bonds is 11. The average Bonchev–Trinajstić information content (AvgIpc) is 2.69. The van der Waals surface area contributed by atoms with Crippen molar-refractivity contribution in [3.63, 3.8) is 0 Å². The predicted molar refractivity (Wildman–Crippen MR) is 118 cm³/mol. The third-order valence-corrected chi connectivity index (χ3v) is 2.92. The molecule has 0 heterocycles. The summed E-state index contributed by atoms with van der Waals surface area (Å²) >= 11 is 1.75. The molecule has 0 fully saturated rings. The van der Waals surface area contributed by atoms with Gasteiger partial charge in [0.15, 0.2) is 0 Å². The minimum absolute atomic E-state index is 0.223.